The van der Waals surface area contributed by atoms with Gasteiger partial charge in [-0.25, -0.2) is 0 Å². The Bertz CT molecular complexity index is 352. The van der Waals surface area contributed by atoms with Crippen LogP contribution in [0.5, 0.6) is 0 Å². The second kappa shape index (κ2) is 6.82. The first kappa shape index (κ1) is 13.5. The molecular weight excluding hydrogens is 236 g/mol. The van der Waals surface area contributed by atoms with Gasteiger partial charge in [-0.15, -0.1) is 0 Å². The largest absolute Gasteiger partial charge is 0.392 e. The lowest BCUT2D eigenvalue weighted by atomic mass is 10.2. The van der Waals surface area contributed by atoms with E-state index in [4.69, 9.17) is 14.0 Å². The molecule has 1 atom stereocenters. The number of aromatic nitrogens is 2. The number of hydrogen-bond acceptors (Lipinski definition) is 6. The first-order chi connectivity index (χ1) is 8.79. The summed E-state index contributed by atoms with van der Waals surface area (Å²) >= 11 is 0. The van der Waals surface area contributed by atoms with Crippen LogP contribution in [0.3, 0.4) is 0 Å². The lowest BCUT2D eigenvalue weighted by Crippen LogP contribution is -2.13. The zero-order chi connectivity index (χ0) is 12.8. The third-order valence-electron chi connectivity index (χ3n) is 2.96. The fourth-order valence-corrected chi connectivity index (χ4v) is 1.71. The van der Waals surface area contributed by atoms with Crippen LogP contribution in [0.2, 0.25) is 0 Å². The highest BCUT2D eigenvalue weighted by Gasteiger charge is 2.30. The lowest BCUT2D eigenvalue weighted by Gasteiger charge is -2.03. The molecule has 0 bridgehead atoms. The van der Waals surface area contributed by atoms with Crippen LogP contribution >= 0.6 is 0 Å². The zero-order valence-electron chi connectivity index (χ0n) is 10.7. The standard InChI is InChI=1S/C12H20N2O4/c1-16-6-7-17-5-4-11-13-12(18-14-11)8-10(15)9-2-3-9/h9-10,15H,2-8H2,1H3. The molecule has 0 aromatic carbocycles. The van der Waals surface area contributed by atoms with Crippen molar-refractivity contribution in [1.29, 1.82) is 0 Å². The van der Waals surface area contributed by atoms with Crippen molar-refractivity contribution in [2.24, 2.45) is 5.92 Å². The zero-order valence-corrected chi connectivity index (χ0v) is 10.7. The Kier molecular flexibility index (Phi) is 5.10. The third kappa shape index (κ3) is 4.36. The van der Waals surface area contributed by atoms with Crippen molar-refractivity contribution in [1.82, 2.24) is 10.1 Å². The predicted octanol–water partition coefficient (Wildman–Crippen LogP) is 0.588. The Morgan fingerprint density at radius 1 is 1.39 bits per heavy atom. The topological polar surface area (TPSA) is 77.6 Å². The molecule has 0 spiro atoms. The van der Waals surface area contributed by atoms with Crippen LogP contribution in [0.1, 0.15) is 24.6 Å². The van der Waals surface area contributed by atoms with E-state index in [1.165, 1.54) is 0 Å². The van der Waals surface area contributed by atoms with Crippen LogP contribution in [-0.4, -0.2) is 48.3 Å². The maximum Gasteiger partial charge on any atom is 0.229 e. The highest BCUT2D eigenvalue weighted by Crippen LogP contribution is 2.33. The van der Waals surface area contributed by atoms with Gasteiger partial charge in [-0.2, -0.15) is 4.98 Å². The lowest BCUT2D eigenvalue weighted by molar-refractivity contribution is 0.0714. The molecule has 0 amide bonds. The summed E-state index contributed by atoms with van der Waals surface area (Å²) in [5, 5.41) is 13.6. The van der Waals surface area contributed by atoms with Gasteiger partial charge in [0.15, 0.2) is 5.82 Å². The van der Waals surface area contributed by atoms with Crippen LogP contribution in [0.25, 0.3) is 0 Å². The molecule has 6 heteroatoms. The van der Waals surface area contributed by atoms with Crippen LogP contribution in [0.15, 0.2) is 4.52 Å². The fraction of sp³-hybridized carbons (Fsp3) is 0.833. The first-order valence-electron chi connectivity index (χ1n) is 6.36. The quantitative estimate of drug-likeness (QED) is 0.651. The van der Waals surface area contributed by atoms with Crippen molar-refractivity contribution in [2.45, 2.75) is 31.8 Å². The highest BCUT2D eigenvalue weighted by molar-refractivity contribution is 4.92. The summed E-state index contributed by atoms with van der Waals surface area (Å²) in [6, 6.07) is 0. The van der Waals surface area contributed by atoms with Crippen molar-refractivity contribution in [3.63, 3.8) is 0 Å². The number of nitrogens with zero attached hydrogens (tertiary/aromatic N) is 2. The normalized spacial score (nSPS) is 17.0. The van der Waals surface area contributed by atoms with E-state index in [1.807, 2.05) is 0 Å². The second-order valence-corrected chi connectivity index (χ2v) is 4.57. The summed E-state index contributed by atoms with van der Waals surface area (Å²) in [5.41, 5.74) is 0. The molecular formula is C12H20N2O4. The van der Waals surface area contributed by atoms with Crippen molar-refractivity contribution in [3.8, 4) is 0 Å². The summed E-state index contributed by atoms with van der Waals surface area (Å²) in [4.78, 5) is 4.23. The molecule has 1 heterocycles. The first-order valence-corrected chi connectivity index (χ1v) is 6.36. The summed E-state index contributed by atoms with van der Waals surface area (Å²) in [7, 11) is 1.64. The van der Waals surface area contributed by atoms with Crippen LogP contribution in [-0.2, 0) is 22.3 Å². The summed E-state index contributed by atoms with van der Waals surface area (Å²) in [6.45, 7) is 1.71. The van der Waals surface area contributed by atoms with Gasteiger partial charge in [-0.05, 0) is 18.8 Å². The van der Waals surface area contributed by atoms with Crippen molar-refractivity contribution < 1.29 is 19.1 Å². The fourth-order valence-electron chi connectivity index (χ4n) is 1.71. The van der Waals surface area contributed by atoms with Crippen molar-refractivity contribution in [3.05, 3.63) is 11.7 Å². The molecule has 1 aromatic heterocycles. The van der Waals surface area contributed by atoms with Gasteiger partial charge < -0.3 is 19.1 Å². The number of hydrogen-bond donors (Lipinski definition) is 1. The average Bonchev–Trinajstić information content (AvgIpc) is 3.12. The third-order valence-corrected chi connectivity index (χ3v) is 2.96. The molecule has 1 aliphatic carbocycles. The van der Waals surface area contributed by atoms with E-state index in [9.17, 15) is 5.11 Å². The van der Waals surface area contributed by atoms with E-state index in [2.05, 4.69) is 10.1 Å². The molecule has 18 heavy (non-hydrogen) atoms. The van der Waals surface area contributed by atoms with Crippen LogP contribution in [0, 0.1) is 5.92 Å². The SMILES string of the molecule is COCCOCCc1noc(CC(O)C2CC2)n1. The minimum Gasteiger partial charge on any atom is -0.392 e. The Hall–Kier alpha value is -0.980. The highest BCUT2D eigenvalue weighted by atomic mass is 16.5. The number of aliphatic hydroxyl groups is 1. The van der Waals surface area contributed by atoms with E-state index >= 15 is 0 Å². The Balaban J connectivity index is 1.65. The van der Waals surface area contributed by atoms with Gasteiger partial charge in [0.1, 0.15) is 0 Å². The monoisotopic (exact) mass is 256 g/mol. The van der Waals surface area contributed by atoms with E-state index in [0.717, 1.165) is 12.8 Å². The maximum absolute atomic E-state index is 9.76. The molecule has 1 N–H and O–H groups in total. The molecule has 1 aliphatic rings. The van der Waals surface area contributed by atoms with E-state index < -0.39 is 0 Å². The molecule has 6 nitrogen and oxygen atoms in total. The van der Waals surface area contributed by atoms with Gasteiger partial charge in [-0.1, -0.05) is 5.16 Å². The summed E-state index contributed by atoms with van der Waals surface area (Å²) < 4.78 is 15.3. The van der Waals surface area contributed by atoms with Crippen molar-refractivity contribution in [2.75, 3.05) is 26.9 Å². The smallest absolute Gasteiger partial charge is 0.229 e. The molecule has 1 unspecified atom stereocenters. The van der Waals surface area contributed by atoms with E-state index in [0.29, 0.717) is 50.3 Å². The minimum absolute atomic E-state index is 0.337. The predicted molar refractivity (Wildman–Crippen MR) is 63.1 cm³/mol. The molecule has 102 valence electrons. The van der Waals surface area contributed by atoms with Gasteiger partial charge >= 0.3 is 0 Å². The molecule has 0 radical (unpaired) electrons. The molecule has 2 rings (SSSR count). The van der Waals surface area contributed by atoms with Gasteiger partial charge in [0, 0.05) is 13.5 Å². The molecule has 0 aliphatic heterocycles. The maximum atomic E-state index is 9.76. The second-order valence-electron chi connectivity index (χ2n) is 4.57. The number of ether oxygens (including phenoxy) is 2. The Morgan fingerprint density at radius 3 is 2.94 bits per heavy atom. The van der Waals surface area contributed by atoms with Crippen LogP contribution in [0.4, 0.5) is 0 Å². The molecule has 0 saturated heterocycles. The summed E-state index contributed by atoms with van der Waals surface area (Å²) in [6.07, 6.45) is 2.95. The van der Waals surface area contributed by atoms with E-state index in [-0.39, 0.29) is 6.10 Å². The molecule has 1 saturated carbocycles. The van der Waals surface area contributed by atoms with Gasteiger partial charge in [0.2, 0.25) is 5.89 Å². The van der Waals surface area contributed by atoms with Gasteiger partial charge in [0.05, 0.1) is 32.3 Å². The van der Waals surface area contributed by atoms with Crippen LogP contribution < -0.4 is 0 Å². The van der Waals surface area contributed by atoms with Crippen molar-refractivity contribution >= 4 is 0 Å². The molecule has 1 aromatic rings. The number of rotatable bonds is 9. The van der Waals surface area contributed by atoms with Gasteiger partial charge in [-0.3, -0.25) is 0 Å². The van der Waals surface area contributed by atoms with E-state index in [1.54, 1.807) is 7.11 Å². The minimum atomic E-state index is -0.337. The number of aliphatic hydroxyl groups excluding tert-OH is 1. The number of methoxy groups -OCH3 is 1. The Labute approximate surface area is 106 Å². The van der Waals surface area contributed by atoms with Gasteiger partial charge in [0.25, 0.3) is 0 Å². The average molecular weight is 256 g/mol. The molecule has 1 fully saturated rings. The Morgan fingerprint density at radius 2 is 2.22 bits per heavy atom. The summed E-state index contributed by atoms with van der Waals surface area (Å²) in [5.74, 6) is 1.57.